The van der Waals surface area contributed by atoms with Gasteiger partial charge in [-0.15, -0.1) is 12.4 Å². The highest BCUT2D eigenvalue weighted by atomic mass is 35.5. The van der Waals surface area contributed by atoms with Gasteiger partial charge in [-0.1, -0.05) is 31.5 Å². The van der Waals surface area contributed by atoms with Crippen molar-refractivity contribution in [2.45, 2.75) is 45.6 Å². The molecule has 0 radical (unpaired) electrons. The number of nitrogens with zero attached hydrogens (tertiary/aromatic N) is 2. The van der Waals surface area contributed by atoms with Crippen LogP contribution >= 0.6 is 12.4 Å². The molecule has 2 N–H and O–H groups in total. The van der Waals surface area contributed by atoms with Crippen molar-refractivity contribution in [3.63, 3.8) is 0 Å². The predicted molar refractivity (Wildman–Crippen MR) is 103 cm³/mol. The van der Waals surface area contributed by atoms with Gasteiger partial charge in [-0.05, 0) is 44.4 Å². The second-order valence-corrected chi connectivity index (χ2v) is 6.86. The molecule has 1 aromatic heterocycles. The molecule has 6 heteroatoms. The smallest absolute Gasteiger partial charge is 0.255 e. The Labute approximate surface area is 155 Å². The molecule has 2 heterocycles. The summed E-state index contributed by atoms with van der Waals surface area (Å²) in [7, 11) is 0. The summed E-state index contributed by atoms with van der Waals surface area (Å²) in [5, 5.41) is 11.0. The van der Waals surface area contributed by atoms with E-state index in [1.54, 1.807) is 6.20 Å². The van der Waals surface area contributed by atoms with Gasteiger partial charge in [-0.2, -0.15) is 5.10 Å². The van der Waals surface area contributed by atoms with E-state index < -0.39 is 0 Å². The molecular formula is C19H27ClN4O. The van der Waals surface area contributed by atoms with Crippen molar-refractivity contribution in [2.24, 2.45) is 0 Å². The molecule has 1 saturated heterocycles. The minimum absolute atomic E-state index is 0. The van der Waals surface area contributed by atoms with E-state index in [1.165, 1.54) is 5.56 Å². The molecule has 0 saturated carbocycles. The average Bonchev–Trinajstić information content (AvgIpc) is 3.02. The molecule has 1 atom stereocenters. The van der Waals surface area contributed by atoms with Crippen LogP contribution in [0.2, 0.25) is 0 Å². The van der Waals surface area contributed by atoms with E-state index in [9.17, 15) is 4.79 Å². The lowest BCUT2D eigenvalue weighted by Gasteiger charge is -2.24. The van der Waals surface area contributed by atoms with Gasteiger partial charge < -0.3 is 10.6 Å². The number of aromatic nitrogens is 2. The summed E-state index contributed by atoms with van der Waals surface area (Å²) in [5.74, 6) is 0.185. The third-order valence-corrected chi connectivity index (χ3v) is 4.51. The van der Waals surface area contributed by atoms with Gasteiger partial charge in [-0.25, -0.2) is 4.68 Å². The van der Waals surface area contributed by atoms with Crippen LogP contribution in [-0.2, 0) is 0 Å². The van der Waals surface area contributed by atoms with E-state index in [1.807, 2.05) is 16.8 Å². The summed E-state index contributed by atoms with van der Waals surface area (Å²) in [6, 6.07) is 8.42. The fourth-order valence-corrected chi connectivity index (χ4v) is 3.22. The summed E-state index contributed by atoms with van der Waals surface area (Å²) in [6.45, 7) is 8.14. The van der Waals surface area contributed by atoms with E-state index >= 15 is 0 Å². The molecule has 1 aliphatic heterocycles. The van der Waals surface area contributed by atoms with Crippen molar-refractivity contribution in [3.05, 3.63) is 47.3 Å². The van der Waals surface area contributed by atoms with E-state index in [0.29, 0.717) is 5.56 Å². The fraction of sp³-hybridized carbons (Fsp3) is 0.474. The zero-order chi connectivity index (χ0) is 17.1. The molecule has 136 valence electrons. The Balaban J connectivity index is 0.00000225. The maximum atomic E-state index is 12.7. The highest BCUT2D eigenvalue weighted by molar-refractivity contribution is 5.95. The minimum Gasteiger partial charge on any atom is -0.348 e. The van der Waals surface area contributed by atoms with Crippen molar-refractivity contribution in [2.75, 3.05) is 13.1 Å². The Morgan fingerprint density at radius 3 is 2.64 bits per heavy atom. The number of nitrogens with one attached hydrogen (secondary N) is 2. The van der Waals surface area contributed by atoms with Gasteiger partial charge in [0, 0.05) is 12.6 Å². The normalized spacial score (nSPS) is 17.2. The van der Waals surface area contributed by atoms with Gasteiger partial charge in [0.15, 0.2) is 0 Å². The Bertz CT molecular complexity index is 703. The van der Waals surface area contributed by atoms with Gasteiger partial charge in [0.2, 0.25) is 0 Å². The maximum Gasteiger partial charge on any atom is 0.255 e. The third kappa shape index (κ3) is 4.41. The molecule has 0 spiro atoms. The molecule has 3 rings (SSSR count). The van der Waals surface area contributed by atoms with Crippen molar-refractivity contribution in [3.8, 4) is 5.69 Å². The van der Waals surface area contributed by atoms with E-state index in [0.717, 1.165) is 37.3 Å². The molecule has 1 aliphatic rings. The van der Waals surface area contributed by atoms with Gasteiger partial charge >= 0.3 is 0 Å². The molecule has 2 aromatic rings. The van der Waals surface area contributed by atoms with E-state index in [-0.39, 0.29) is 30.3 Å². The van der Waals surface area contributed by atoms with Crippen LogP contribution in [0.5, 0.6) is 0 Å². The lowest BCUT2D eigenvalue weighted by atomic mass is 10.0. The number of carbonyl (C=O) groups is 1. The Hall–Kier alpha value is -1.85. The summed E-state index contributed by atoms with van der Waals surface area (Å²) >= 11 is 0. The zero-order valence-corrected chi connectivity index (χ0v) is 15.9. The molecule has 1 fully saturated rings. The lowest BCUT2D eigenvalue weighted by molar-refractivity contribution is 0.0929. The van der Waals surface area contributed by atoms with Gasteiger partial charge in [0.1, 0.15) is 0 Å². The Morgan fingerprint density at radius 1 is 1.32 bits per heavy atom. The average molecular weight is 363 g/mol. The second kappa shape index (κ2) is 8.50. The predicted octanol–water partition coefficient (Wildman–Crippen LogP) is 3.21. The number of aryl methyl sites for hydroxylation is 1. The molecule has 1 amide bonds. The number of hydrogen-bond donors (Lipinski definition) is 2. The minimum atomic E-state index is -0.0224. The number of benzene rings is 1. The number of piperidine rings is 1. The quantitative estimate of drug-likeness (QED) is 0.878. The van der Waals surface area contributed by atoms with Crippen LogP contribution in [0.1, 0.15) is 54.2 Å². The number of amides is 1. The summed E-state index contributed by atoms with van der Waals surface area (Å²) < 4.78 is 1.89. The van der Waals surface area contributed by atoms with Crippen LogP contribution in [0, 0.1) is 6.92 Å². The number of carbonyl (C=O) groups excluding carboxylic acids is 1. The number of halogens is 1. The standard InChI is InChI=1S/C19H26N4O.ClH/c1-13(2)18-17(19(24)22-15-5-4-10-20-11-15)12-21-23(18)16-8-6-14(3)7-9-16;/h6-9,12-13,15,20H,4-5,10-11H2,1-3H3,(H,22,24);1H/t15-;/m0./s1. The molecule has 0 bridgehead atoms. The highest BCUT2D eigenvalue weighted by Gasteiger charge is 2.23. The zero-order valence-electron chi connectivity index (χ0n) is 15.1. The first kappa shape index (κ1) is 19.5. The van der Waals surface area contributed by atoms with Gasteiger partial charge in [-0.3, -0.25) is 4.79 Å². The number of hydrogen-bond acceptors (Lipinski definition) is 3. The van der Waals surface area contributed by atoms with Crippen LogP contribution in [0.15, 0.2) is 30.5 Å². The first-order valence-electron chi connectivity index (χ1n) is 8.73. The van der Waals surface area contributed by atoms with Crippen LogP contribution in [0.4, 0.5) is 0 Å². The molecular weight excluding hydrogens is 336 g/mol. The van der Waals surface area contributed by atoms with Crippen LogP contribution in [-0.4, -0.2) is 34.8 Å². The number of rotatable bonds is 4. The lowest BCUT2D eigenvalue weighted by Crippen LogP contribution is -2.45. The van der Waals surface area contributed by atoms with Crippen LogP contribution in [0.3, 0.4) is 0 Å². The highest BCUT2D eigenvalue weighted by Crippen LogP contribution is 2.23. The van der Waals surface area contributed by atoms with Gasteiger partial charge in [0.05, 0.1) is 23.1 Å². The van der Waals surface area contributed by atoms with Crippen molar-refractivity contribution < 1.29 is 4.79 Å². The van der Waals surface area contributed by atoms with Crippen LogP contribution < -0.4 is 10.6 Å². The fourth-order valence-electron chi connectivity index (χ4n) is 3.22. The summed E-state index contributed by atoms with van der Waals surface area (Å²) in [5.41, 5.74) is 3.83. The topological polar surface area (TPSA) is 59.0 Å². The van der Waals surface area contributed by atoms with Crippen LogP contribution in [0.25, 0.3) is 5.69 Å². The van der Waals surface area contributed by atoms with Crippen molar-refractivity contribution >= 4 is 18.3 Å². The molecule has 25 heavy (non-hydrogen) atoms. The van der Waals surface area contributed by atoms with E-state index in [2.05, 4.69) is 48.6 Å². The van der Waals surface area contributed by atoms with Crippen molar-refractivity contribution in [1.29, 1.82) is 0 Å². The molecule has 0 unspecified atom stereocenters. The monoisotopic (exact) mass is 362 g/mol. The Morgan fingerprint density at radius 2 is 2.04 bits per heavy atom. The van der Waals surface area contributed by atoms with E-state index in [4.69, 9.17) is 0 Å². The molecule has 0 aliphatic carbocycles. The largest absolute Gasteiger partial charge is 0.348 e. The SMILES string of the molecule is Cc1ccc(-n2ncc(C(=O)N[C@H]3CCCNC3)c2C(C)C)cc1.Cl. The summed E-state index contributed by atoms with van der Waals surface area (Å²) in [6.07, 6.45) is 3.83. The summed E-state index contributed by atoms with van der Waals surface area (Å²) in [4.78, 5) is 12.7. The molecule has 1 aromatic carbocycles. The Kier molecular flexibility index (Phi) is 6.62. The third-order valence-electron chi connectivity index (χ3n) is 4.51. The first-order valence-corrected chi connectivity index (χ1v) is 8.73. The van der Waals surface area contributed by atoms with Gasteiger partial charge in [0.25, 0.3) is 5.91 Å². The second-order valence-electron chi connectivity index (χ2n) is 6.86. The first-order chi connectivity index (χ1) is 11.6. The maximum absolute atomic E-state index is 12.7. The van der Waals surface area contributed by atoms with Crippen molar-refractivity contribution in [1.82, 2.24) is 20.4 Å². The molecule has 5 nitrogen and oxygen atoms in total.